The van der Waals surface area contributed by atoms with E-state index in [4.69, 9.17) is 0 Å². The number of hydrogen-bond acceptors (Lipinski definition) is 2. The van der Waals surface area contributed by atoms with Crippen LogP contribution < -0.4 is 0 Å². The molecule has 0 heterocycles. The van der Waals surface area contributed by atoms with Gasteiger partial charge in [0.2, 0.25) is 0 Å². The van der Waals surface area contributed by atoms with Gasteiger partial charge in [-0.1, -0.05) is 25.5 Å². The molecule has 0 aliphatic rings. The van der Waals surface area contributed by atoms with Gasteiger partial charge in [-0.25, -0.2) is 0 Å². The van der Waals surface area contributed by atoms with E-state index in [-0.39, 0.29) is 11.7 Å². The fourth-order valence-corrected chi connectivity index (χ4v) is 2.13. The Bertz CT molecular complexity index is 408. The lowest BCUT2D eigenvalue weighted by Gasteiger charge is -2.09. The fourth-order valence-electron chi connectivity index (χ4n) is 1.40. The van der Waals surface area contributed by atoms with Crippen molar-refractivity contribution < 1.29 is 9.00 Å². The molecule has 1 unspecified atom stereocenters. The van der Waals surface area contributed by atoms with Gasteiger partial charge in [-0.2, -0.15) is 0 Å². The van der Waals surface area contributed by atoms with Gasteiger partial charge in [-0.05, 0) is 19.1 Å². The minimum Gasteiger partial charge on any atom is -0.294 e. The number of rotatable bonds is 3. The van der Waals surface area contributed by atoms with E-state index in [0.29, 0.717) is 10.5 Å². The van der Waals surface area contributed by atoms with Crippen LogP contribution in [-0.2, 0) is 10.8 Å². The Labute approximate surface area is 93.2 Å². The predicted molar refractivity (Wildman–Crippen MR) is 62.7 cm³/mol. The van der Waals surface area contributed by atoms with Gasteiger partial charge in [-0.3, -0.25) is 9.00 Å². The Kier molecular flexibility index (Phi) is 3.80. The Morgan fingerprint density at radius 2 is 1.93 bits per heavy atom. The molecule has 82 valence electrons. The standard InChI is InChI=1S/C12H16O2S/c1-8(2)12(13)10-7-9(3)5-6-11(10)15(4)14/h5-8H,1-4H3. The van der Waals surface area contributed by atoms with Crippen LogP contribution in [0.3, 0.4) is 0 Å². The lowest BCUT2D eigenvalue weighted by molar-refractivity contribution is 0.0936. The lowest BCUT2D eigenvalue weighted by atomic mass is 10.00. The van der Waals surface area contributed by atoms with Gasteiger partial charge in [0.25, 0.3) is 0 Å². The molecule has 0 spiro atoms. The van der Waals surface area contributed by atoms with Crippen molar-refractivity contribution in [3.05, 3.63) is 29.3 Å². The third-order valence-electron chi connectivity index (χ3n) is 2.23. The number of aryl methyl sites for hydroxylation is 1. The third kappa shape index (κ3) is 2.75. The Balaban J connectivity index is 3.30. The van der Waals surface area contributed by atoms with E-state index in [1.54, 1.807) is 12.3 Å². The zero-order valence-corrected chi connectivity index (χ0v) is 10.4. The predicted octanol–water partition coefficient (Wildman–Crippen LogP) is 2.57. The first-order valence-corrected chi connectivity index (χ1v) is 6.47. The van der Waals surface area contributed by atoms with Crippen molar-refractivity contribution in [2.45, 2.75) is 25.7 Å². The van der Waals surface area contributed by atoms with Crippen LogP contribution in [0.25, 0.3) is 0 Å². The van der Waals surface area contributed by atoms with Crippen molar-refractivity contribution in [1.29, 1.82) is 0 Å². The lowest BCUT2D eigenvalue weighted by Crippen LogP contribution is -2.11. The highest BCUT2D eigenvalue weighted by atomic mass is 32.2. The highest BCUT2D eigenvalue weighted by Gasteiger charge is 2.16. The monoisotopic (exact) mass is 224 g/mol. The quantitative estimate of drug-likeness (QED) is 0.739. The SMILES string of the molecule is Cc1ccc(S(C)=O)c(C(=O)C(C)C)c1. The molecule has 1 atom stereocenters. The summed E-state index contributed by atoms with van der Waals surface area (Å²) in [6.07, 6.45) is 1.60. The van der Waals surface area contributed by atoms with Gasteiger partial charge < -0.3 is 0 Å². The second-order valence-corrected chi connectivity index (χ2v) is 5.32. The second-order valence-electron chi connectivity index (χ2n) is 3.97. The molecule has 0 fully saturated rings. The van der Waals surface area contributed by atoms with Crippen LogP contribution in [0.2, 0.25) is 0 Å². The molecule has 0 saturated heterocycles. The highest BCUT2D eigenvalue weighted by molar-refractivity contribution is 7.84. The maximum absolute atomic E-state index is 11.9. The number of Topliss-reactive ketones (excluding diaryl/α,β-unsaturated/α-hetero) is 1. The topological polar surface area (TPSA) is 34.1 Å². The summed E-state index contributed by atoms with van der Waals surface area (Å²) in [5.74, 6) is -0.00185. The fraction of sp³-hybridized carbons (Fsp3) is 0.417. The number of carbonyl (C=O) groups excluding carboxylic acids is 1. The van der Waals surface area contributed by atoms with Gasteiger partial charge >= 0.3 is 0 Å². The molecule has 1 aromatic rings. The van der Waals surface area contributed by atoms with Crippen molar-refractivity contribution >= 4 is 16.6 Å². The van der Waals surface area contributed by atoms with E-state index in [9.17, 15) is 9.00 Å². The first-order chi connectivity index (χ1) is 6.93. The molecule has 0 N–H and O–H groups in total. The van der Waals surface area contributed by atoms with Crippen LogP contribution >= 0.6 is 0 Å². The first-order valence-electron chi connectivity index (χ1n) is 4.91. The minimum absolute atomic E-state index is 0.0592. The molecule has 15 heavy (non-hydrogen) atoms. The molecule has 1 rings (SSSR count). The molecule has 2 nitrogen and oxygen atoms in total. The molecular weight excluding hydrogens is 208 g/mol. The number of ketones is 1. The maximum atomic E-state index is 11.9. The molecule has 0 amide bonds. The minimum atomic E-state index is -1.11. The Morgan fingerprint density at radius 1 is 1.33 bits per heavy atom. The van der Waals surface area contributed by atoms with Crippen molar-refractivity contribution in [2.75, 3.05) is 6.26 Å². The van der Waals surface area contributed by atoms with Gasteiger partial charge in [-0.15, -0.1) is 0 Å². The molecule has 3 heteroatoms. The van der Waals surface area contributed by atoms with E-state index < -0.39 is 10.8 Å². The first kappa shape index (κ1) is 12.1. The van der Waals surface area contributed by atoms with E-state index in [0.717, 1.165) is 5.56 Å². The summed E-state index contributed by atoms with van der Waals surface area (Å²) in [5.41, 5.74) is 1.62. The summed E-state index contributed by atoms with van der Waals surface area (Å²) >= 11 is 0. The summed E-state index contributed by atoms with van der Waals surface area (Å²) in [5, 5.41) is 0. The maximum Gasteiger partial charge on any atom is 0.166 e. The summed E-state index contributed by atoms with van der Waals surface area (Å²) in [4.78, 5) is 12.5. The molecule has 0 aliphatic carbocycles. The zero-order valence-electron chi connectivity index (χ0n) is 9.53. The van der Waals surface area contributed by atoms with Crippen LogP contribution in [0.15, 0.2) is 23.1 Å². The zero-order chi connectivity index (χ0) is 11.6. The Morgan fingerprint density at radius 3 is 2.40 bits per heavy atom. The summed E-state index contributed by atoms with van der Waals surface area (Å²) in [6, 6.07) is 5.48. The van der Waals surface area contributed by atoms with E-state index in [2.05, 4.69) is 0 Å². The molecule has 0 saturated carbocycles. The van der Waals surface area contributed by atoms with Gasteiger partial charge in [0, 0.05) is 22.6 Å². The van der Waals surface area contributed by atoms with Crippen molar-refractivity contribution in [2.24, 2.45) is 5.92 Å². The van der Waals surface area contributed by atoms with Crippen molar-refractivity contribution in [1.82, 2.24) is 0 Å². The van der Waals surface area contributed by atoms with Crippen LogP contribution in [0.1, 0.15) is 29.8 Å². The molecular formula is C12H16O2S. The van der Waals surface area contributed by atoms with Crippen LogP contribution in [-0.4, -0.2) is 16.2 Å². The van der Waals surface area contributed by atoms with E-state index >= 15 is 0 Å². The molecule has 0 aliphatic heterocycles. The molecule has 0 bridgehead atoms. The summed E-state index contributed by atoms with van der Waals surface area (Å²) < 4.78 is 11.5. The van der Waals surface area contributed by atoms with Crippen LogP contribution in [0.4, 0.5) is 0 Å². The average Bonchev–Trinajstić information content (AvgIpc) is 2.15. The van der Waals surface area contributed by atoms with Crippen molar-refractivity contribution in [3.63, 3.8) is 0 Å². The summed E-state index contributed by atoms with van der Waals surface area (Å²) in [7, 11) is -1.11. The second kappa shape index (κ2) is 4.71. The van der Waals surface area contributed by atoms with Crippen LogP contribution in [0, 0.1) is 12.8 Å². The highest BCUT2D eigenvalue weighted by Crippen LogP contribution is 2.18. The van der Waals surface area contributed by atoms with E-state index in [1.807, 2.05) is 32.9 Å². The van der Waals surface area contributed by atoms with Gasteiger partial charge in [0.15, 0.2) is 5.78 Å². The summed E-state index contributed by atoms with van der Waals surface area (Å²) in [6.45, 7) is 5.64. The largest absolute Gasteiger partial charge is 0.294 e. The number of hydrogen-bond donors (Lipinski definition) is 0. The number of carbonyl (C=O) groups is 1. The smallest absolute Gasteiger partial charge is 0.166 e. The molecule has 1 aromatic carbocycles. The normalized spacial score (nSPS) is 12.9. The van der Waals surface area contributed by atoms with E-state index in [1.165, 1.54) is 0 Å². The number of benzene rings is 1. The third-order valence-corrected chi connectivity index (χ3v) is 3.21. The van der Waals surface area contributed by atoms with Crippen LogP contribution in [0.5, 0.6) is 0 Å². The van der Waals surface area contributed by atoms with Crippen molar-refractivity contribution in [3.8, 4) is 0 Å². The average molecular weight is 224 g/mol. The Hall–Kier alpha value is -0.960. The van der Waals surface area contributed by atoms with Gasteiger partial charge in [0.05, 0.1) is 10.8 Å². The molecule has 0 aromatic heterocycles. The van der Waals surface area contributed by atoms with Gasteiger partial charge in [0.1, 0.15) is 0 Å². The molecule has 0 radical (unpaired) electrons.